The second kappa shape index (κ2) is 6.17. The lowest BCUT2D eigenvalue weighted by molar-refractivity contribution is 0.111. The van der Waals surface area contributed by atoms with Crippen molar-refractivity contribution < 1.29 is 0 Å². The Morgan fingerprint density at radius 1 is 1.41 bits per heavy atom. The molecule has 0 aromatic rings. The van der Waals surface area contributed by atoms with E-state index >= 15 is 0 Å². The molecular formula is C14H31N3. The molecule has 1 rings (SSSR count). The standard InChI is InChI=1S/C14H31N3/c1-14(2,15)9-8-13(16(3)4)12-7-6-10-17(5)11-12/h12-13H,6-11,15H2,1-5H3. The summed E-state index contributed by atoms with van der Waals surface area (Å²) in [5, 5.41) is 0. The van der Waals surface area contributed by atoms with E-state index in [9.17, 15) is 0 Å². The summed E-state index contributed by atoms with van der Waals surface area (Å²) in [6, 6.07) is 0.681. The number of hydrogen-bond donors (Lipinski definition) is 1. The van der Waals surface area contributed by atoms with Crippen molar-refractivity contribution in [3.63, 3.8) is 0 Å². The molecule has 1 aliphatic rings. The smallest absolute Gasteiger partial charge is 0.0130 e. The van der Waals surface area contributed by atoms with Gasteiger partial charge in [-0.15, -0.1) is 0 Å². The maximum atomic E-state index is 6.11. The lowest BCUT2D eigenvalue weighted by Crippen LogP contribution is -2.45. The summed E-state index contributed by atoms with van der Waals surface area (Å²) in [6.45, 7) is 6.77. The number of nitrogens with zero attached hydrogens (tertiary/aromatic N) is 2. The van der Waals surface area contributed by atoms with Gasteiger partial charge in [0.05, 0.1) is 0 Å². The Hall–Kier alpha value is -0.120. The van der Waals surface area contributed by atoms with Crippen LogP contribution in [0.2, 0.25) is 0 Å². The highest BCUT2D eigenvalue weighted by atomic mass is 15.1. The van der Waals surface area contributed by atoms with Crippen molar-refractivity contribution in [3.05, 3.63) is 0 Å². The molecule has 2 atom stereocenters. The monoisotopic (exact) mass is 241 g/mol. The minimum absolute atomic E-state index is 0.0329. The van der Waals surface area contributed by atoms with Gasteiger partial charge < -0.3 is 15.5 Å². The van der Waals surface area contributed by atoms with Crippen LogP contribution in [0.25, 0.3) is 0 Å². The van der Waals surface area contributed by atoms with Crippen LogP contribution in [0.5, 0.6) is 0 Å². The van der Waals surface area contributed by atoms with Crippen LogP contribution < -0.4 is 5.73 Å². The summed E-state index contributed by atoms with van der Waals surface area (Å²) >= 11 is 0. The van der Waals surface area contributed by atoms with E-state index in [0.29, 0.717) is 6.04 Å². The van der Waals surface area contributed by atoms with Crippen molar-refractivity contribution in [2.45, 2.75) is 51.1 Å². The van der Waals surface area contributed by atoms with Crippen LogP contribution in [-0.4, -0.2) is 55.6 Å². The van der Waals surface area contributed by atoms with Gasteiger partial charge in [0.2, 0.25) is 0 Å². The highest BCUT2D eigenvalue weighted by Gasteiger charge is 2.28. The molecule has 3 nitrogen and oxygen atoms in total. The van der Waals surface area contributed by atoms with Gasteiger partial charge in [0.25, 0.3) is 0 Å². The summed E-state index contributed by atoms with van der Waals surface area (Å²) in [6.07, 6.45) is 5.04. The van der Waals surface area contributed by atoms with Crippen molar-refractivity contribution in [2.24, 2.45) is 11.7 Å². The normalized spacial score (nSPS) is 25.2. The molecule has 1 aliphatic heterocycles. The van der Waals surface area contributed by atoms with Crippen LogP contribution in [0.15, 0.2) is 0 Å². The van der Waals surface area contributed by atoms with Gasteiger partial charge in [-0.2, -0.15) is 0 Å². The molecule has 1 fully saturated rings. The van der Waals surface area contributed by atoms with Crippen LogP contribution in [0, 0.1) is 5.92 Å². The van der Waals surface area contributed by atoms with E-state index in [2.05, 4.69) is 44.8 Å². The minimum Gasteiger partial charge on any atom is -0.326 e. The summed E-state index contributed by atoms with van der Waals surface area (Å²) in [7, 11) is 6.66. The van der Waals surface area contributed by atoms with E-state index in [1.807, 2.05) is 0 Å². The third kappa shape index (κ3) is 5.36. The molecule has 102 valence electrons. The van der Waals surface area contributed by atoms with Crippen molar-refractivity contribution in [2.75, 3.05) is 34.2 Å². The Morgan fingerprint density at radius 3 is 2.53 bits per heavy atom. The van der Waals surface area contributed by atoms with Crippen LogP contribution in [0.1, 0.15) is 39.5 Å². The molecule has 0 bridgehead atoms. The first kappa shape index (κ1) is 14.9. The van der Waals surface area contributed by atoms with Crippen molar-refractivity contribution in [1.82, 2.24) is 9.80 Å². The molecule has 2 N–H and O–H groups in total. The van der Waals surface area contributed by atoms with E-state index < -0.39 is 0 Å². The predicted molar refractivity (Wildman–Crippen MR) is 75.2 cm³/mol. The van der Waals surface area contributed by atoms with Crippen LogP contribution in [-0.2, 0) is 0 Å². The van der Waals surface area contributed by atoms with Gasteiger partial charge >= 0.3 is 0 Å². The molecule has 0 aromatic carbocycles. The van der Waals surface area contributed by atoms with E-state index in [-0.39, 0.29) is 5.54 Å². The molecule has 1 saturated heterocycles. The van der Waals surface area contributed by atoms with Crippen LogP contribution in [0.3, 0.4) is 0 Å². The van der Waals surface area contributed by atoms with Crippen molar-refractivity contribution >= 4 is 0 Å². The van der Waals surface area contributed by atoms with Crippen molar-refractivity contribution in [3.8, 4) is 0 Å². The SMILES string of the molecule is CN1CCCC(C(CCC(C)(C)N)N(C)C)C1. The van der Waals surface area contributed by atoms with E-state index in [0.717, 1.165) is 12.3 Å². The predicted octanol–water partition coefficient (Wildman–Crippen LogP) is 1.78. The third-order valence-corrected chi connectivity index (χ3v) is 3.95. The molecule has 1 heterocycles. The Labute approximate surface area is 107 Å². The van der Waals surface area contributed by atoms with Gasteiger partial charge in [-0.1, -0.05) is 0 Å². The fourth-order valence-electron chi connectivity index (χ4n) is 2.96. The topological polar surface area (TPSA) is 32.5 Å². The molecule has 2 unspecified atom stereocenters. The summed E-state index contributed by atoms with van der Waals surface area (Å²) in [5.74, 6) is 0.811. The summed E-state index contributed by atoms with van der Waals surface area (Å²) in [5.41, 5.74) is 6.08. The van der Waals surface area contributed by atoms with E-state index in [1.165, 1.54) is 32.4 Å². The summed E-state index contributed by atoms with van der Waals surface area (Å²) < 4.78 is 0. The molecule has 0 spiro atoms. The molecular weight excluding hydrogens is 210 g/mol. The lowest BCUT2D eigenvalue weighted by atomic mass is 9.85. The first-order valence-corrected chi connectivity index (χ1v) is 6.93. The first-order chi connectivity index (χ1) is 7.79. The van der Waals surface area contributed by atoms with Gasteiger partial charge in [0.15, 0.2) is 0 Å². The Bertz CT molecular complexity index is 220. The molecule has 0 aromatic heterocycles. The fraction of sp³-hybridized carbons (Fsp3) is 1.00. The molecule has 0 radical (unpaired) electrons. The number of piperidine rings is 1. The zero-order valence-electron chi connectivity index (χ0n) is 12.4. The summed E-state index contributed by atoms with van der Waals surface area (Å²) in [4.78, 5) is 4.87. The van der Waals surface area contributed by atoms with Gasteiger partial charge in [-0.05, 0) is 73.1 Å². The lowest BCUT2D eigenvalue weighted by Gasteiger charge is -2.39. The first-order valence-electron chi connectivity index (χ1n) is 6.93. The Kier molecular flexibility index (Phi) is 5.42. The van der Waals surface area contributed by atoms with E-state index in [4.69, 9.17) is 5.73 Å². The number of hydrogen-bond acceptors (Lipinski definition) is 3. The number of nitrogens with two attached hydrogens (primary N) is 1. The second-order valence-corrected chi connectivity index (χ2v) is 6.72. The van der Waals surface area contributed by atoms with Crippen LogP contribution >= 0.6 is 0 Å². The fourth-order valence-corrected chi connectivity index (χ4v) is 2.96. The largest absolute Gasteiger partial charge is 0.326 e. The zero-order chi connectivity index (χ0) is 13.1. The van der Waals surface area contributed by atoms with Gasteiger partial charge in [-0.3, -0.25) is 0 Å². The molecule has 3 heteroatoms. The van der Waals surface area contributed by atoms with Gasteiger partial charge in [-0.25, -0.2) is 0 Å². The second-order valence-electron chi connectivity index (χ2n) is 6.72. The van der Waals surface area contributed by atoms with E-state index in [1.54, 1.807) is 0 Å². The van der Waals surface area contributed by atoms with Crippen LogP contribution in [0.4, 0.5) is 0 Å². The third-order valence-electron chi connectivity index (χ3n) is 3.95. The Morgan fingerprint density at radius 2 is 2.06 bits per heavy atom. The maximum Gasteiger partial charge on any atom is 0.0130 e. The molecule has 0 aliphatic carbocycles. The zero-order valence-corrected chi connectivity index (χ0v) is 12.4. The molecule has 0 saturated carbocycles. The average Bonchev–Trinajstić information content (AvgIpc) is 2.15. The highest BCUT2D eigenvalue weighted by Crippen LogP contribution is 2.25. The number of rotatable bonds is 5. The quantitative estimate of drug-likeness (QED) is 0.796. The maximum absolute atomic E-state index is 6.11. The van der Waals surface area contributed by atoms with Gasteiger partial charge in [0.1, 0.15) is 0 Å². The number of likely N-dealkylation sites (tertiary alicyclic amines) is 1. The Balaban J connectivity index is 2.53. The van der Waals surface area contributed by atoms with Gasteiger partial charge in [0, 0.05) is 18.1 Å². The average molecular weight is 241 g/mol. The minimum atomic E-state index is -0.0329. The highest BCUT2D eigenvalue weighted by molar-refractivity contribution is 4.84. The van der Waals surface area contributed by atoms with Crippen molar-refractivity contribution in [1.29, 1.82) is 0 Å². The molecule has 0 amide bonds. The molecule has 17 heavy (non-hydrogen) atoms.